The lowest BCUT2D eigenvalue weighted by atomic mass is 9.91. The molecule has 0 amide bonds. The molecule has 25 heavy (non-hydrogen) atoms. The molecular formula is C10H6F14O. The Kier molecular flexibility index (Phi) is 6.13. The molecule has 0 saturated carbocycles. The molecule has 0 rings (SSSR count). The molecule has 15 heteroatoms. The Morgan fingerprint density at radius 1 is 0.680 bits per heavy atom. The number of rotatable bonds is 6. The third-order valence-electron chi connectivity index (χ3n) is 2.70. The topological polar surface area (TPSA) is 9.23 Å². The summed E-state index contributed by atoms with van der Waals surface area (Å²) >= 11 is 0. The van der Waals surface area contributed by atoms with Gasteiger partial charge in [0, 0.05) is 6.42 Å². The van der Waals surface area contributed by atoms with Crippen LogP contribution in [0.3, 0.4) is 0 Å². The average Bonchev–Trinajstić information content (AvgIpc) is 2.34. The molecule has 0 aromatic heterocycles. The van der Waals surface area contributed by atoms with Crippen LogP contribution in [0.15, 0.2) is 12.7 Å². The van der Waals surface area contributed by atoms with Gasteiger partial charge < -0.3 is 0 Å². The van der Waals surface area contributed by atoms with Gasteiger partial charge >= 0.3 is 30.2 Å². The van der Waals surface area contributed by atoms with Crippen molar-refractivity contribution in [2.45, 2.75) is 48.8 Å². The van der Waals surface area contributed by atoms with Crippen molar-refractivity contribution in [2.75, 3.05) is 0 Å². The van der Waals surface area contributed by atoms with Gasteiger partial charge in [0.15, 0.2) is 0 Å². The quantitative estimate of drug-likeness (QED) is 0.413. The Bertz CT molecular complexity index is 461. The van der Waals surface area contributed by atoms with E-state index in [0.717, 1.165) is 0 Å². The fraction of sp³-hybridized carbons (Fsp3) is 0.800. The Labute approximate surface area is 129 Å². The maximum atomic E-state index is 13.9. The second-order valence-electron chi connectivity index (χ2n) is 4.44. The highest BCUT2D eigenvalue weighted by atomic mass is 19.4. The maximum Gasteiger partial charge on any atom is 0.458 e. The molecule has 2 atom stereocenters. The van der Waals surface area contributed by atoms with E-state index in [1.54, 1.807) is 4.74 Å². The molecule has 0 radical (unpaired) electrons. The van der Waals surface area contributed by atoms with Gasteiger partial charge in [-0.3, -0.25) is 4.74 Å². The fourth-order valence-corrected chi connectivity index (χ4v) is 1.42. The van der Waals surface area contributed by atoms with Crippen LogP contribution in [0.5, 0.6) is 0 Å². The van der Waals surface area contributed by atoms with Gasteiger partial charge in [0.05, 0.1) is 0 Å². The summed E-state index contributed by atoms with van der Waals surface area (Å²) in [6, 6.07) is 0. The summed E-state index contributed by atoms with van der Waals surface area (Å²) in [5.74, 6) is -14.5. The van der Waals surface area contributed by atoms with Crippen molar-refractivity contribution in [1.82, 2.24) is 0 Å². The first-order valence-electron chi connectivity index (χ1n) is 5.57. The van der Waals surface area contributed by atoms with Crippen molar-refractivity contribution in [3.63, 3.8) is 0 Å². The Balaban J connectivity index is 6.65. The highest BCUT2D eigenvalue weighted by Crippen LogP contribution is 2.57. The van der Waals surface area contributed by atoms with E-state index in [2.05, 4.69) is 6.58 Å². The SMILES string of the molecule is C=CCC(F)(C(F)F)C(F)(OC(F)(C(F)(F)F)C(F)(F)F)C(F)(F)F. The van der Waals surface area contributed by atoms with E-state index in [1.165, 1.54) is 0 Å². The van der Waals surface area contributed by atoms with Crippen LogP contribution in [-0.4, -0.2) is 42.3 Å². The molecule has 0 aromatic carbocycles. The summed E-state index contributed by atoms with van der Waals surface area (Å²) in [7, 11) is 0. The number of hydrogen-bond donors (Lipinski definition) is 0. The summed E-state index contributed by atoms with van der Waals surface area (Å²) in [5, 5.41) is 0. The molecule has 0 spiro atoms. The lowest BCUT2D eigenvalue weighted by Gasteiger charge is -2.42. The first-order chi connectivity index (χ1) is 10.7. The average molecular weight is 408 g/mol. The molecule has 0 aromatic rings. The number of alkyl halides is 14. The fourth-order valence-electron chi connectivity index (χ4n) is 1.42. The largest absolute Gasteiger partial charge is 0.458 e. The van der Waals surface area contributed by atoms with Crippen LogP contribution in [0.4, 0.5) is 61.5 Å². The second-order valence-corrected chi connectivity index (χ2v) is 4.44. The van der Waals surface area contributed by atoms with Crippen LogP contribution in [0, 0.1) is 0 Å². The molecule has 0 N–H and O–H groups in total. The lowest BCUT2D eigenvalue weighted by Crippen LogP contribution is -2.69. The molecule has 1 nitrogen and oxygen atoms in total. The van der Waals surface area contributed by atoms with Crippen molar-refractivity contribution in [1.29, 1.82) is 0 Å². The Hall–Kier alpha value is -1.28. The molecule has 150 valence electrons. The molecule has 2 unspecified atom stereocenters. The third kappa shape index (κ3) is 3.79. The summed E-state index contributed by atoms with van der Waals surface area (Å²) in [6.45, 7) is 2.42. The van der Waals surface area contributed by atoms with E-state index in [-0.39, 0.29) is 6.08 Å². The van der Waals surface area contributed by atoms with Gasteiger partial charge in [0.2, 0.25) is 5.67 Å². The van der Waals surface area contributed by atoms with E-state index in [9.17, 15) is 61.5 Å². The van der Waals surface area contributed by atoms with E-state index in [1.807, 2.05) is 0 Å². The number of hydrogen-bond acceptors (Lipinski definition) is 1. The van der Waals surface area contributed by atoms with E-state index < -0.39 is 48.8 Å². The van der Waals surface area contributed by atoms with Gasteiger partial charge in [-0.2, -0.15) is 48.3 Å². The minimum atomic E-state index is -7.45. The van der Waals surface area contributed by atoms with Gasteiger partial charge in [-0.05, 0) is 0 Å². The predicted octanol–water partition coefficient (Wildman–Crippen LogP) is 5.57. The minimum Gasteiger partial charge on any atom is -0.284 e. The van der Waals surface area contributed by atoms with Crippen LogP contribution in [0.1, 0.15) is 6.42 Å². The molecule has 0 heterocycles. The van der Waals surface area contributed by atoms with Crippen molar-refractivity contribution in [3.05, 3.63) is 12.7 Å². The first kappa shape index (κ1) is 23.7. The van der Waals surface area contributed by atoms with Crippen LogP contribution in [-0.2, 0) is 4.74 Å². The number of allylic oxidation sites excluding steroid dienone is 1. The molecular weight excluding hydrogens is 402 g/mol. The normalized spacial score (nSPS) is 19.5. The first-order valence-corrected chi connectivity index (χ1v) is 5.57. The molecule has 0 saturated heterocycles. The molecule has 0 fully saturated rings. The van der Waals surface area contributed by atoms with Crippen LogP contribution in [0.25, 0.3) is 0 Å². The zero-order chi connectivity index (χ0) is 20.7. The molecule has 0 aliphatic carbocycles. The summed E-state index contributed by atoms with van der Waals surface area (Å²) in [5.41, 5.74) is -5.87. The van der Waals surface area contributed by atoms with Gasteiger partial charge in [0.1, 0.15) is 0 Å². The van der Waals surface area contributed by atoms with E-state index >= 15 is 0 Å². The number of ether oxygens (including phenoxy) is 1. The van der Waals surface area contributed by atoms with Gasteiger partial charge in [-0.15, -0.1) is 6.58 Å². The van der Waals surface area contributed by atoms with Crippen LogP contribution >= 0.6 is 0 Å². The van der Waals surface area contributed by atoms with Crippen LogP contribution < -0.4 is 0 Å². The zero-order valence-corrected chi connectivity index (χ0v) is 11.3. The summed E-state index contributed by atoms with van der Waals surface area (Å²) in [4.78, 5) is 0. The molecule has 0 bridgehead atoms. The third-order valence-corrected chi connectivity index (χ3v) is 2.70. The Morgan fingerprint density at radius 2 is 1.00 bits per heavy atom. The molecule has 0 aliphatic rings. The second kappa shape index (κ2) is 6.46. The van der Waals surface area contributed by atoms with E-state index in [4.69, 9.17) is 0 Å². The highest BCUT2D eigenvalue weighted by molar-refractivity contribution is 5.07. The standard InChI is InChI=1S/C10H6F14O/c1-2-3-5(13,4(11)12)6(14,8(16,17)18)25-7(15,9(19,20)21)10(22,23)24/h2,4H,1,3H2. The highest BCUT2D eigenvalue weighted by Gasteiger charge is 2.84. The lowest BCUT2D eigenvalue weighted by molar-refractivity contribution is -0.509. The number of halogens is 14. The molecule has 0 aliphatic heterocycles. The summed E-state index contributed by atoms with van der Waals surface area (Å²) in [6.07, 6.45) is -30.0. The van der Waals surface area contributed by atoms with Crippen molar-refractivity contribution in [3.8, 4) is 0 Å². The van der Waals surface area contributed by atoms with Crippen molar-refractivity contribution < 1.29 is 66.2 Å². The maximum absolute atomic E-state index is 13.9. The zero-order valence-electron chi connectivity index (χ0n) is 11.3. The van der Waals surface area contributed by atoms with Gasteiger partial charge in [-0.25, -0.2) is 13.2 Å². The minimum absolute atomic E-state index is 0.212. The predicted molar refractivity (Wildman–Crippen MR) is 51.6 cm³/mol. The van der Waals surface area contributed by atoms with Crippen molar-refractivity contribution in [2.24, 2.45) is 0 Å². The smallest absolute Gasteiger partial charge is 0.284 e. The van der Waals surface area contributed by atoms with Crippen LogP contribution in [0.2, 0.25) is 0 Å². The van der Waals surface area contributed by atoms with Gasteiger partial charge in [-0.1, -0.05) is 6.08 Å². The Morgan fingerprint density at radius 3 is 1.20 bits per heavy atom. The monoisotopic (exact) mass is 408 g/mol. The summed E-state index contributed by atoms with van der Waals surface area (Å²) < 4.78 is 179. The van der Waals surface area contributed by atoms with Crippen molar-refractivity contribution >= 4 is 0 Å². The van der Waals surface area contributed by atoms with Gasteiger partial charge in [0.25, 0.3) is 6.43 Å². The van der Waals surface area contributed by atoms with E-state index in [0.29, 0.717) is 0 Å².